The largest absolute Gasteiger partial charge is 0.377 e. The van der Waals surface area contributed by atoms with Crippen LogP contribution in [-0.4, -0.2) is 34.2 Å². The Balaban J connectivity index is 2.02. The highest BCUT2D eigenvalue weighted by molar-refractivity contribution is 9.11. The average Bonchev–Trinajstić information content (AvgIpc) is 3.03. The van der Waals surface area contributed by atoms with Crippen molar-refractivity contribution in [3.05, 3.63) is 14.7 Å². The number of nitrogens with one attached hydrogen (secondary N) is 2. The Morgan fingerprint density at radius 3 is 3.00 bits per heavy atom. The van der Waals surface area contributed by atoms with Crippen LogP contribution >= 0.6 is 27.3 Å². The third-order valence-corrected chi connectivity index (χ3v) is 6.75. The van der Waals surface area contributed by atoms with E-state index in [0.29, 0.717) is 21.8 Å². The van der Waals surface area contributed by atoms with E-state index in [9.17, 15) is 8.42 Å². The molecule has 0 radical (unpaired) electrons. The van der Waals surface area contributed by atoms with E-state index in [4.69, 9.17) is 4.74 Å². The summed E-state index contributed by atoms with van der Waals surface area (Å²) in [6.07, 6.45) is 1.92. The minimum Gasteiger partial charge on any atom is -0.377 e. The molecule has 0 amide bonds. The Morgan fingerprint density at radius 1 is 1.55 bits per heavy atom. The third kappa shape index (κ3) is 4.25. The van der Waals surface area contributed by atoms with E-state index in [-0.39, 0.29) is 6.10 Å². The predicted molar refractivity (Wildman–Crippen MR) is 83.6 cm³/mol. The third-order valence-electron chi connectivity index (χ3n) is 3.07. The second kappa shape index (κ2) is 7.33. The normalized spacial score (nSPS) is 19.6. The Labute approximate surface area is 132 Å². The van der Waals surface area contributed by atoms with E-state index in [0.717, 1.165) is 30.9 Å². The summed E-state index contributed by atoms with van der Waals surface area (Å²) in [5, 5.41) is 3.19. The lowest BCUT2D eigenvalue weighted by Gasteiger charge is -2.10. The molecule has 114 valence electrons. The lowest BCUT2D eigenvalue weighted by atomic mass is 10.2. The molecule has 2 rings (SSSR count). The summed E-state index contributed by atoms with van der Waals surface area (Å²) < 4.78 is 33.3. The molecule has 1 unspecified atom stereocenters. The number of thiophene rings is 1. The zero-order chi connectivity index (χ0) is 14.6. The smallest absolute Gasteiger partial charge is 0.242 e. The van der Waals surface area contributed by atoms with Crippen molar-refractivity contribution < 1.29 is 13.2 Å². The molecule has 0 spiro atoms. The number of ether oxygens (including phenoxy) is 1. The van der Waals surface area contributed by atoms with Gasteiger partial charge in [-0.25, -0.2) is 13.1 Å². The van der Waals surface area contributed by atoms with Crippen molar-refractivity contribution >= 4 is 37.3 Å². The van der Waals surface area contributed by atoms with Gasteiger partial charge in [0.1, 0.15) is 4.90 Å². The van der Waals surface area contributed by atoms with Crippen molar-refractivity contribution in [1.29, 1.82) is 0 Å². The maximum absolute atomic E-state index is 12.3. The van der Waals surface area contributed by atoms with Gasteiger partial charge in [0.25, 0.3) is 0 Å². The fourth-order valence-corrected chi connectivity index (χ4v) is 5.72. The molecule has 1 aliphatic rings. The fraction of sp³-hybridized carbons (Fsp3) is 0.667. The topological polar surface area (TPSA) is 67.4 Å². The first kappa shape index (κ1) is 16.4. The number of hydrogen-bond donors (Lipinski definition) is 2. The van der Waals surface area contributed by atoms with Crippen molar-refractivity contribution in [3.8, 4) is 0 Å². The first-order valence-corrected chi connectivity index (χ1v) is 9.72. The summed E-state index contributed by atoms with van der Waals surface area (Å²) in [6, 6.07) is 1.72. The molecule has 1 saturated heterocycles. The van der Waals surface area contributed by atoms with Gasteiger partial charge in [0.2, 0.25) is 10.0 Å². The molecule has 0 bridgehead atoms. The van der Waals surface area contributed by atoms with Gasteiger partial charge in [0, 0.05) is 24.6 Å². The van der Waals surface area contributed by atoms with Crippen LogP contribution in [0, 0.1) is 0 Å². The van der Waals surface area contributed by atoms with Gasteiger partial charge < -0.3 is 10.1 Å². The molecule has 2 heterocycles. The molecular weight excluding hydrogens is 364 g/mol. The van der Waals surface area contributed by atoms with E-state index in [2.05, 4.69) is 26.0 Å². The average molecular weight is 383 g/mol. The van der Waals surface area contributed by atoms with Gasteiger partial charge in [-0.1, -0.05) is 6.92 Å². The van der Waals surface area contributed by atoms with Crippen LogP contribution in [0.15, 0.2) is 14.7 Å². The van der Waals surface area contributed by atoms with Crippen LogP contribution in [0.25, 0.3) is 0 Å². The molecule has 8 heteroatoms. The van der Waals surface area contributed by atoms with Crippen LogP contribution in [0.1, 0.15) is 24.6 Å². The summed E-state index contributed by atoms with van der Waals surface area (Å²) in [5.74, 6) is 0. The highest BCUT2D eigenvalue weighted by Gasteiger charge is 2.23. The lowest BCUT2D eigenvalue weighted by Crippen LogP contribution is -2.31. The molecule has 5 nitrogen and oxygen atoms in total. The predicted octanol–water partition coefficient (Wildman–Crippen LogP) is 2.08. The van der Waals surface area contributed by atoms with Gasteiger partial charge in [-0.15, -0.1) is 11.3 Å². The first-order valence-electron chi connectivity index (χ1n) is 6.63. The lowest BCUT2D eigenvalue weighted by molar-refractivity contribution is 0.114. The summed E-state index contributed by atoms with van der Waals surface area (Å²) >= 11 is 4.78. The molecule has 0 saturated carbocycles. The maximum atomic E-state index is 12.3. The SMILES string of the molecule is CCNCc1cc(S(=O)(=O)NCC2CCCO2)c(Br)s1. The number of halogens is 1. The van der Waals surface area contributed by atoms with E-state index >= 15 is 0 Å². The van der Waals surface area contributed by atoms with Gasteiger partial charge in [0.05, 0.1) is 9.89 Å². The summed E-state index contributed by atoms with van der Waals surface area (Å²) in [7, 11) is -3.48. The summed E-state index contributed by atoms with van der Waals surface area (Å²) in [6.45, 7) is 4.62. The summed E-state index contributed by atoms with van der Waals surface area (Å²) in [4.78, 5) is 1.31. The van der Waals surface area contributed by atoms with E-state index in [1.54, 1.807) is 6.07 Å². The van der Waals surface area contributed by atoms with Gasteiger partial charge >= 0.3 is 0 Å². The second-order valence-electron chi connectivity index (χ2n) is 4.62. The van der Waals surface area contributed by atoms with Crippen LogP contribution in [0.3, 0.4) is 0 Å². The zero-order valence-corrected chi connectivity index (χ0v) is 14.5. The Kier molecular flexibility index (Phi) is 6.00. The molecular formula is C12H19BrN2O3S2. The van der Waals surface area contributed by atoms with Crippen molar-refractivity contribution in [3.63, 3.8) is 0 Å². The van der Waals surface area contributed by atoms with Crippen molar-refractivity contribution in [2.75, 3.05) is 19.7 Å². The van der Waals surface area contributed by atoms with Crippen LogP contribution in [0.2, 0.25) is 0 Å². The van der Waals surface area contributed by atoms with Crippen LogP contribution < -0.4 is 10.0 Å². The molecule has 1 atom stereocenters. The standard InChI is InChI=1S/C12H19BrN2O3S2/c1-2-14-8-10-6-11(12(13)19-10)20(16,17)15-7-9-4-3-5-18-9/h6,9,14-15H,2-5,7-8H2,1H3. The van der Waals surface area contributed by atoms with Crippen molar-refractivity contribution in [1.82, 2.24) is 10.0 Å². The monoisotopic (exact) mass is 382 g/mol. The van der Waals surface area contributed by atoms with Gasteiger partial charge in [-0.3, -0.25) is 0 Å². The van der Waals surface area contributed by atoms with Gasteiger partial charge in [0.15, 0.2) is 0 Å². The van der Waals surface area contributed by atoms with Gasteiger partial charge in [-0.2, -0.15) is 0 Å². The van der Waals surface area contributed by atoms with Crippen molar-refractivity contribution in [2.45, 2.75) is 37.3 Å². The van der Waals surface area contributed by atoms with Crippen LogP contribution in [0.5, 0.6) is 0 Å². The molecule has 1 aliphatic heterocycles. The summed E-state index contributed by atoms with van der Waals surface area (Å²) in [5.41, 5.74) is 0. The Hall–Kier alpha value is 0.01000. The second-order valence-corrected chi connectivity index (χ2v) is 8.81. The number of rotatable bonds is 7. The molecule has 2 N–H and O–H groups in total. The van der Waals surface area contributed by atoms with E-state index in [1.807, 2.05) is 6.92 Å². The molecule has 20 heavy (non-hydrogen) atoms. The molecule has 1 fully saturated rings. The Morgan fingerprint density at radius 2 is 2.35 bits per heavy atom. The van der Waals surface area contributed by atoms with Crippen LogP contribution in [0.4, 0.5) is 0 Å². The first-order chi connectivity index (χ1) is 9.53. The minimum atomic E-state index is -3.48. The minimum absolute atomic E-state index is 0.00316. The zero-order valence-electron chi connectivity index (χ0n) is 11.3. The van der Waals surface area contributed by atoms with E-state index < -0.39 is 10.0 Å². The Bertz CT molecular complexity index is 539. The molecule has 0 aromatic carbocycles. The number of sulfonamides is 1. The quantitative estimate of drug-likeness (QED) is 0.757. The van der Waals surface area contributed by atoms with Crippen LogP contribution in [-0.2, 0) is 21.3 Å². The van der Waals surface area contributed by atoms with E-state index in [1.165, 1.54) is 11.3 Å². The molecule has 1 aromatic rings. The van der Waals surface area contributed by atoms with Gasteiger partial charge in [-0.05, 0) is 41.4 Å². The number of hydrogen-bond acceptors (Lipinski definition) is 5. The van der Waals surface area contributed by atoms with Crippen molar-refractivity contribution in [2.24, 2.45) is 0 Å². The highest BCUT2D eigenvalue weighted by Crippen LogP contribution is 2.31. The molecule has 0 aliphatic carbocycles. The molecule has 1 aromatic heterocycles. The maximum Gasteiger partial charge on any atom is 0.242 e. The highest BCUT2D eigenvalue weighted by atomic mass is 79.9. The fourth-order valence-electron chi connectivity index (χ4n) is 2.00.